The second kappa shape index (κ2) is 6.36. The first-order chi connectivity index (χ1) is 10.1. The molecule has 0 spiro atoms. The highest BCUT2D eigenvalue weighted by atomic mass is 79.9. The summed E-state index contributed by atoms with van der Waals surface area (Å²) in [6, 6.07) is 5.98. The van der Waals surface area contributed by atoms with E-state index in [1.165, 1.54) is 32.4 Å². The lowest BCUT2D eigenvalue weighted by molar-refractivity contribution is 0.0771. The van der Waals surface area contributed by atoms with Gasteiger partial charge in [-0.1, -0.05) is 6.42 Å². The Kier molecular flexibility index (Phi) is 4.50. The monoisotopic (exact) mass is 351 g/mol. The average molecular weight is 352 g/mol. The topological polar surface area (TPSA) is 49.6 Å². The van der Waals surface area contributed by atoms with Crippen LogP contribution < -0.4 is 5.73 Å². The lowest BCUT2D eigenvalue weighted by Crippen LogP contribution is -2.41. The van der Waals surface area contributed by atoms with Crippen molar-refractivity contribution in [2.75, 3.05) is 31.9 Å². The summed E-state index contributed by atoms with van der Waals surface area (Å²) in [5.41, 5.74) is 7.17. The Morgan fingerprint density at radius 1 is 1.19 bits per heavy atom. The summed E-state index contributed by atoms with van der Waals surface area (Å²) in [5.74, 6) is 0.121. The molecule has 1 atom stereocenters. The fourth-order valence-electron chi connectivity index (χ4n) is 3.35. The molecule has 0 saturated carbocycles. The minimum atomic E-state index is 0.121. The smallest absolute Gasteiger partial charge is 0.253 e. The molecule has 0 radical (unpaired) electrons. The van der Waals surface area contributed by atoms with Crippen LogP contribution in [0.1, 0.15) is 36.0 Å². The summed E-state index contributed by atoms with van der Waals surface area (Å²) in [5, 5.41) is 0. The van der Waals surface area contributed by atoms with Gasteiger partial charge in [0.1, 0.15) is 0 Å². The van der Waals surface area contributed by atoms with Crippen molar-refractivity contribution in [3.8, 4) is 0 Å². The Bertz CT molecular complexity index is 528. The molecule has 0 bridgehead atoms. The largest absolute Gasteiger partial charge is 0.398 e. The van der Waals surface area contributed by atoms with Crippen LogP contribution in [-0.4, -0.2) is 47.9 Å². The second-order valence-electron chi connectivity index (χ2n) is 6.03. The van der Waals surface area contributed by atoms with Crippen molar-refractivity contribution in [3.05, 3.63) is 28.2 Å². The van der Waals surface area contributed by atoms with Crippen LogP contribution in [0.25, 0.3) is 0 Å². The predicted octanol–water partition coefficient (Wildman–Crippen LogP) is 2.73. The molecule has 2 heterocycles. The zero-order valence-corrected chi connectivity index (χ0v) is 13.8. The summed E-state index contributed by atoms with van der Waals surface area (Å²) in [4.78, 5) is 17.1. The Morgan fingerprint density at radius 2 is 1.95 bits per heavy atom. The average Bonchev–Trinajstić information content (AvgIpc) is 3.00. The van der Waals surface area contributed by atoms with E-state index in [0.717, 1.165) is 29.5 Å². The van der Waals surface area contributed by atoms with Crippen LogP contribution in [0, 0.1) is 0 Å². The summed E-state index contributed by atoms with van der Waals surface area (Å²) in [7, 11) is 0. The lowest BCUT2D eigenvalue weighted by Gasteiger charge is -2.32. The molecule has 1 amide bonds. The van der Waals surface area contributed by atoms with Crippen molar-refractivity contribution in [1.29, 1.82) is 0 Å². The van der Waals surface area contributed by atoms with Crippen molar-refractivity contribution in [3.63, 3.8) is 0 Å². The van der Waals surface area contributed by atoms with E-state index in [-0.39, 0.29) is 5.91 Å². The number of benzene rings is 1. The number of nitrogens with two attached hydrogens (primary N) is 1. The number of carbonyl (C=O) groups is 1. The standard InChI is InChI=1S/C16H22BrN3O/c17-14-10-12(4-5-15(14)18)16(21)20-9-6-13(11-20)19-7-2-1-3-8-19/h4-5,10,13H,1-3,6-9,11,18H2. The van der Waals surface area contributed by atoms with Gasteiger partial charge in [0, 0.05) is 34.9 Å². The first-order valence-electron chi connectivity index (χ1n) is 7.73. The van der Waals surface area contributed by atoms with Crippen LogP contribution in [-0.2, 0) is 0 Å². The summed E-state index contributed by atoms with van der Waals surface area (Å²) in [6.45, 7) is 4.11. The van der Waals surface area contributed by atoms with Gasteiger partial charge in [0.15, 0.2) is 0 Å². The number of hydrogen-bond donors (Lipinski definition) is 1. The Hall–Kier alpha value is -1.07. The molecule has 2 aliphatic heterocycles. The van der Waals surface area contributed by atoms with Crippen molar-refractivity contribution in [1.82, 2.24) is 9.80 Å². The molecule has 0 aliphatic carbocycles. The SMILES string of the molecule is Nc1ccc(C(=O)N2CCC(N3CCCCC3)C2)cc1Br. The molecule has 4 nitrogen and oxygen atoms in total. The number of amides is 1. The lowest BCUT2D eigenvalue weighted by atomic mass is 10.1. The van der Waals surface area contributed by atoms with Gasteiger partial charge in [-0.3, -0.25) is 9.69 Å². The molecule has 1 aromatic rings. The maximum atomic E-state index is 12.6. The number of halogens is 1. The Labute approximate surface area is 134 Å². The minimum absolute atomic E-state index is 0.121. The zero-order chi connectivity index (χ0) is 14.8. The van der Waals surface area contributed by atoms with E-state index < -0.39 is 0 Å². The van der Waals surface area contributed by atoms with E-state index in [4.69, 9.17) is 5.73 Å². The summed E-state index contributed by atoms with van der Waals surface area (Å²) in [6.07, 6.45) is 5.05. The van der Waals surface area contributed by atoms with Gasteiger partial charge in [0.2, 0.25) is 0 Å². The number of anilines is 1. The van der Waals surface area contributed by atoms with Crippen LogP contribution in [0.15, 0.2) is 22.7 Å². The normalized spacial score (nSPS) is 23.5. The predicted molar refractivity (Wildman–Crippen MR) is 88.3 cm³/mol. The molecule has 21 heavy (non-hydrogen) atoms. The van der Waals surface area contributed by atoms with E-state index in [2.05, 4.69) is 20.8 Å². The third-order valence-electron chi connectivity index (χ3n) is 4.61. The van der Waals surface area contributed by atoms with Gasteiger partial charge in [-0.25, -0.2) is 0 Å². The first kappa shape index (κ1) is 14.9. The number of hydrogen-bond acceptors (Lipinski definition) is 3. The van der Waals surface area contributed by atoms with E-state index in [0.29, 0.717) is 11.7 Å². The third kappa shape index (κ3) is 3.24. The fraction of sp³-hybridized carbons (Fsp3) is 0.562. The van der Waals surface area contributed by atoms with Crippen molar-refractivity contribution in [2.24, 2.45) is 0 Å². The van der Waals surface area contributed by atoms with Gasteiger partial charge < -0.3 is 10.6 Å². The quantitative estimate of drug-likeness (QED) is 0.833. The maximum Gasteiger partial charge on any atom is 0.253 e. The molecule has 1 aromatic carbocycles. The van der Waals surface area contributed by atoms with Gasteiger partial charge in [-0.05, 0) is 66.5 Å². The number of nitrogen functional groups attached to an aromatic ring is 1. The van der Waals surface area contributed by atoms with Crippen LogP contribution in [0.5, 0.6) is 0 Å². The van der Waals surface area contributed by atoms with Crippen molar-refractivity contribution < 1.29 is 4.79 Å². The van der Waals surface area contributed by atoms with Crippen molar-refractivity contribution in [2.45, 2.75) is 31.7 Å². The number of nitrogens with zero attached hydrogens (tertiary/aromatic N) is 2. The molecule has 3 rings (SSSR count). The maximum absolute atomic E-state index is 12.6. The van der Waals surface area contributed by atoms with E-state index in [1.807, 2.05) is 17.0 Å². The summed E-state index contributed by atoms with van der Waals surface area (Å²) >= 11 is 3.39. The number of rotatable bonds is 2. The fourth-order valence-corrected chi connectivity index (χ4v) is 3.73. The van der Waals surface area contributed by atoms with Crippen LogP contribution in [0.2, 0.25) is 0 Å². The van der Waals surface area contributed by atoms with Crippen LogP contribution >= 0.6 is 15.9 Å². The highest BCUT2D eigenvalue weighted by Crippen LogP contribution is 2.24. The van der Waals surface area contributed by atoms with E-state index in [1.54, 1.807) is 6.07 Å². The molecule has 2 fully saturated rings. The minimum Gasteiger partial charge on any atom is -0.398 e. The van der Waals surface area contributed by atoms with E-state index in [9.17, 15) is 4.79 Å². The molecular formula is C16H22BrN3O. The Balaban J connectivity index is 1.64. The molecule has 2 N–H and O–H groups in total. The van der Waals surface area contributed by atoms with Crippen molar-refractivity contribution >= 4 is 27.5 Å². The summed E-state index contributed by atoms with van der Waals surface area (Å²) < 4.78 is 0.792. The van der Waals surface area contributed by atoms with Gasteiger partial charge in [-0.15, -0.1) is 0 Å². The molecule has 0 aromatic heterocycles. The van der Waals surface area contributed by atoms with E-state index >= 15 is 0 Å². The molecule has 2 aliphatic rings. The highest BCUT2D eigenvalue weighted by Gasteiger charge is 2.31. The molecular weight excluding hydrogens is 330 g/mol. The van der Waals surface area contributed by atoms with Crippen LogP contribution in [0.3, 0.4) is 0 Å². The molecule has 5 heteroatoms. The third-order valence-corrected chi connectivity index (χ3v) is 5.29. The van der Waals surface area contributed by atoms with Gasteiger partial charge in [0.05, 0.1) is 0 Å². The highest BCUT2D eigenvalue weighted by molar-refractivity contribution is 9.10. The van der Waals surface area contributed by atoms with Gasteiger partial charge in [-0.2, -0.15) is 0 Å². The van der Waals surface area contributed by atoms with Crippen LogP contribution in [0.4, 0.5) is 5.69 Å². The molecule has 2 saturated heterocycles. The number of carbonyl (C=O) groups excluding carboxylic acids is 1. The molecule has 1 unspecified atom stereocenters. The zero-order valence-electron chi connectivity index (χ0n) is 12.2. The van der Waals surface area contributed by atoms with Gasteiger partial charge in [0.25, 0.3) is 5.91 Å². The second-order valence-corrected chi connectivity index (χ2v) is 6.88. The number of piperidine rings is 1. The first-order valence-corrected chi connectivity index (χ1v) is 8.53. The van der Waals surface area contributed by atoms with Gasteiger partial charge >= 0.3 is 0 Å². The molecule has 114 valence electrons. The number of likely N-dealkylation sites (tertiary alicyclic amines) is 2. The Morgan fingerprint density at radius 3 is 2.67 bits per heavy atom.